The molecule has 0 radical (unpaired) electrons. The summed E-state index contributed by atoms with van der Waals surface area (Å²) < 4.78 is 13.3. The zero-order chi connectivity index (χ0) is 12.3. The number of hydrogen-bond donors (Lipinski definition) is 2. The summed E-state index contributed by atoms with van der Waals surface area (Å²) in [6, 6.07) is 3.88. The molecule has 1 aromatic rings. The van der Waals surface area contributed by atoms with Crippen LogP contribution in [0.5, 0.6) is 0 Å². The van der Waals surface area contributed by atoms with Gasteiger partial charge in [0.15, 0.2) is 0 Å². The van der Waals surface area contributed by atoms with Gasteiger partial charge in [0.2, 0.25) is 5.91 Å². The maximum Gasteiger partial charge on any atom is 0.257 e. The third-order valence-electron chi connectivity index (χ3n) is 1.92. The molecule has 0 heterocycles. The van der Waals surface area contributed by atoms with Gasteiger partial charge in [-0.25, -0.2) is 4.39 Å². The standard InChI is InChI=1S/C10H11FN2O2S/c1-13(5-9(12)14)10(15)7-4-6(16)2-3-8(7)11/h2-4,16H,5H2,1H3,(H2,12,14). The van der Waals surface area contributed by atoms with Crippen LogP contribution in [0.3, 0.4) is 0 Å². The first-order valence-electron chi connectivity index (χ1n) is 4.44. The Kier molecular flexibility index (Phi) is 3.89. The van der Waals surface area contributed by atoms with Crippen LogP contribution in [0.4, 0.5) is 4.39 Å². The summed E-state index contributed by atoms with van der Waals surface area (Å²) >= 11 is 4.01. The van der Waals surface area contributed by atoms with Crippen LogP contribution in [0.2, 0.25) is 0 Å². The third kappa shape index (κ3) is 2.96. The molecule has 0 spiro atoms. The van der Waals surface area contributed by atoms with Crippen LogP contribution in [0, 0.1) is 5.82 Å². The fourth-order valence-corrected chi connectivity index (χ4v) is 1.39. The normalized spacial score (nSPS) is 9.94. The van der Waals surface area contributed by atoms with Crippen LogP contribution < -0.4 is 5.73 Å². The number of benzene rings is 1. The van der Waals surface area contributed by atoms with Crippen LogP contribution in [0.25, 0.3) is 0 Å². The summed E-state index contributed by atoms with van der Waals surface area (Å²) in [4.78, 5) is 23.8. The van der Waals surface area contributed by atoms with Crippen molar-refractivity contribution >= 4 is 24.4 Å². The molecule has 0 aliphatic carbocycles. The van der Waals surface area contributed by atoms with Gasteiger partial charge in [0, 0.05) is 11.9 Å². The van der Waals surface area contributed by atoms with E-state index >= 15 is 0 Å². The third-order valence-corrected chi connectivity index (χ3v) is 2.20. The quantitative estimate of drug-likeness (QED) is 0.765. The van der Waals surface area contributed by atoms with Crippen LogP contribution in [0.15, 0.2) is 23.1 Å². The molecule has 0 aromatic heterocycles. The lowest BCUT2D eigenvalue weighted by molar-refractivity contribution is -0.118. The average Bonchev–Trinajstić information content (AvgIpc) is 2.19. The van der Waals surface area contributed by atoms with Crippen molar-refractivity contribution in [3.63, 3.8) is 0 Å². The molecule has 4 nitrogen and oxygen atoms in total. The number of hydrogen-bond acceptors (Lipinski definition) is 3. The molecule has 86 valence electrons. The molecule has 0 fully saturated rings. The molecule has 0 unspecified atom stereocenters. The van der Waals surface area contributed by atoms with Gasteiger partial charge < -0.3 is 10.6 Å². The summed E-state index contributed by atoms with van der Waals surface area (Å²) in [5.41, 5.74) is 4.81. The van der Waals surface area contributed by atoms with Crippen molar-refractivity contribution in [2.45, 2.75) is 4.90 Å². The minimum absolute atomic E-state index is 0.128. The molecule has 1 aromatic carbocycles. The van der Waals surface area contributed by atoms with Gasteiger partial charge in [-0.3, -0.25) is 9.59 Å². The summed E-state index contributed by atoms with van der Waals surface area (Å²) in [5.74, 6) is -1.91. The number of rotatable bonds is 3. The summed E-state index contributed by atoms with van der Waals surface area (Å²) in [5, 5.41) is 0. The molecule has 6 heteroatoms. The number of thiol groups is 1. The predicted octanol–water partition coefficient (Wildman–Crippen LogP) is 0.672. The summed E-state index contributed by atoms with van der Waals surface area (Å²) in [7, 11) is 1.37. The lowest BCUT2D eigenvalue weighted by atomic mass is 10.2. The number of carbonyl (C=O) groups is 2. The van der Waals surface area contributed by atoms with Gasteiger partial charge >= 0.3 is 0 Å². The molecular formula is C10H11FN2O2S. The Morgan fingerprint density at radius 1 is 1.50 bits per heavy atom. The van der Waals surface area contributed by atoms with Crippen molar-refractivity contribution in [1.29, 1.82) is 0 Å². The van der Waals surface area contributed by atoms with E-state index in [4.69, 9.17) is 5.73 Å². The molecule has 2 amide bonds. The number of primary amides is 1. The molecular weight excluding hydrogens is 231 g/mol. The Balaban J connectivity index is 2.95. The van der Waals surface area contributed by atoms with Crippen molar-refractivity contribution in [3.8, 4) is 0 Å². The van der Waals surface area contributed by atoms with Crippen LogP contribution in [-0.4, -0.2) is 30.3 Å². The smallest absolute Gasteiger partial charge is 0.257 e. The van der Waals surface area contributed by atoms with Gasteiger partial charge in [0.25, 0.3) is 5.91 Å². The van der Waals surface area contributed by atoms with E-state index in [1.54, 1.807) is 0 Å². The number of nitrogens with two attached hydrogens (primary N) is 1. The number of halogens is 1. The van der Waals surface area contributed by atoms with Crippen LogP contribution >= 0.6 is 12.6 Å². The second kappa shape index (κ2) is 4.98. The molecule has 0 saturated carbocycles. The topological polar surface area (TPSA) is 63.4 Å². The second-order valence-electron chi connectivity index (χ2n) is 3.29. The molecule has 2 N–H and O–H groups in total. The zero-order valence-corrected chi connectivity index (χ0v) is 9.50. The van der Waals surface area contributed by atoms with E-state index in [0.717, 1.165) is 11.0 Å². The number of nitrogens with zero attached hydrogens (tertiary/aromatic N) is 1. The molecule has 0 aliphatic heterocycles. The zero-order valence-electron chi connectivity index (χ0n) is 8.61. The van der Waals surface area contributed by atoms with Gasteiger partial charge in [-0.2, -0.15) is 0 Å². The Morgan fingerprint density at radius 2 is 2.12 bits per heavy atom. The highest BCUT2D eigenvalue weighted by Crippen LogP contribution is 2.14. The molecule has 0 bridgehead atoms. The van der Waals surface area contributed by atoms with Gasteiger partial charge in [0.1, 0.15) is 5.82 Å². The maximum absolute atomic E-state index is 13.3. The molecule has 0 aliphatic rings. The molecule has 16 heavy (non-hydrogen) atoms. The van der Waals surface area contributed by atoms with E-state index in [0.29, 0.717) is 4.90 Å². The number of amides is 2. The Bertz CT molecular complexity index is 437. The second-order valence-corrected chi connectivity index (χ2v) is 3.81. The minimum atomic E-state index is -0.654. The highest BCUT2D eigenvalue weighted by molar-refractivity contribution is 7.80. The number of carbonyl (C=O) groups excluding carboxylic acids is 2. The molecule has 1 rings (SSSR count). The van der Waals surface area contributed by atoms with E-state index in [1.165, 1.54) is 19.2 Å². The van der Waals surface area contributed by atoms with Crippen molar-refractivity contribution in [1.82, 2.24) is 4.90 Å². The largest absolute Gasteiger partial charge is 0.368 e. The lowest BCUT2D eigenvalue weighted by Gasteiger charge is -2.15. The van der Waals surface area contributed by atoms with Crippen LogP contribution in [-0.2, 0) is 4.79 Å². The van der Waals surface area contributed by atoms with Crippen molar-refractivity contribution in [3.05, 3.63) is 29.6 Å². The van der Waals surface area contributed by atoms with Gasteiger partial charge in [-0.15, -0.1) is 12.6 Å². The van der Waals surface area contributed by atoms with Gasteiger partial charge in [-0.1, -0.05) is 0 Å². The maximum atomic E-state index is 13.3. The fraction of sp³-hybridized carbons (Fsp3) is 0.200. The Labute approximate surface area is 97.6 Å². The van der Waals surface area contributed by atoms with Gasteiger partial charge in [0.05, 0.1) is 12.1 Å². The SMILES string of the molecule is CN(CC(N)=O)C(=O)c1cc(S)ccc1F. The highest BCUT2D eigenvalue weighted by atomic mass is 32.1. The first-order valence-corrected chi connectivity index (χ1v) is 4.89. The molecule has 0 atom stereocenters. The van der Waals surface area contributed by atoms with Crippen molar-refractivity contribution < 1.29 is 14.0 Å². The minimum Gasteiger partial charge on any atom is -0.368 e. The number of likely N-dealkylation sites (N-methyl/N-ethyl adjacent to an activating group) is 1. The van der Waals surface area contributed by atoms with Crippen molar-refractivity contribution in [2.75, 3.05) is 13.6 Å². The van der Waals surface area contributed by atoms with Crippen molar-refractivity contribution in [2.24, 2.45) is 5.73 Å². The highest BCUT2D eigenvalue weighted by Gasteiger charge is 2.17. The Hall–Kier alpha value is -1.56. The predicted molar refractivity (Wildman–Crippen MR) is 59.8 cm³/mol. The van der Waals surface area contributed by atoms with E-state index in [-0.39, 0.29) is 12.1 Å². The van der Waals surface area contributed by atoms with E-state index in [2.05, 4.69) is 12.6 Å². The van der Waals surface area contributed by atoms with Gasteiger partial charge in [-0.05, 0) is 18.2 Å². The van der Waals surface area contributed by atoms with Crippen LogP contribution in [0.1, 0.15) is 10.4 Å². The lowest BCUT2D eigenvalue weighted by Crippen LogP contribution is -2.35. The summed E-state index contributed by atoms with van der Waals surface area (Å²) in [6.45, 7) is -0.255. The van der Waals surface area contributed by atoms with E-state index in [9.17, 15) is 14.0 Å². The fourth-order valence-electron chi connectivity index (χ4n) is 1.19. The average molecular weight is 242 g/mol. The molecule has 0 saturated heterocycles. The van der Waals surface area contributed by atoms with E-state index in [1.807, 2.05) is 0 Å². The monoisotopic (exact) mass is 242 g/mol. The first kappa shape index (κ1) is 12.5. The summed E-state index contributed by atoms with van der Waals surface area (Å²) in [6.07, 6.45) is 0. The Morgan fingerprint density at radius 3 is 2.69 bits per heavy atom. The first-order chi connectivity index (χ1) is 7.41. The van der Waals surface area contributed by atoms with E-state index < -0.39 is 17.6 Å².